The first-order valence-electron chi connectivity index (χ1n) is 6.65. The number of ether oxygens (including phenoxy) is 1. The van der Waals surface area contributed by atoms with E-state index in [4.69, 9.17) is 16.2 Å². The fourth-order valence-electron chi connectivity index (χ4n) is 3.23. The first-order valence-corrected chi connectivity index (χ1v) is 6.65. The number of methoxy groups -OCH3 is 1. The molecule has 3 atom stereocenters. The van der Waals surface area contributed by atoms with E-state index in [1.165, 1.54) is 0 Å². The third-order valence-corrected chi connectivity index (χ3v) is 3.78. The summed E-state index contributed by atoms with van der Waals surface area (Å²) in [6.45, 7) is 4.34. The highest BCUT2D eigenvalue weighted by Gasteiger charge is 2.44. The molecule has 0 amide bonds. The lowest BCUT2D eigenvalue weighted by atomic mass is 9.74. The summed E-state index contributed by atoms with van der Waals surface area (Å²) in [5, 5.41) is 3.26. The van der Waals surface area contributed by atoms with E-state index >= 15 is 0 Å². The quantitative estimate of drug-likeness (QED) is 0.666. The van der Waals surface area contributed by atoms with Crippen LogP contribution in [0.25, 0.3) is 0 Å². The molecule has 19 heavy (non-hydrogen) atoms. The highest BCUT2D eigenvalue weighted by molar-refractivity contribution is 5.38. The molecule has 0 aromatic heterocycles. The monoisotopic (exact) mass is 268 g/mol. The maximum Gasteiger partial charge on any atom is 0.139 e. The van der Waals surface area contributed by atoms with Crippen molar-refractivity contribution in [3.05, 3.63) is 23.6 Å². The summed E-state index contributed by atoms with van der Waals surface area (Å²) in [4.78, 5) is 2.16. The Morgan fingerprint density at radius 2 is 2.00 bits per heavy atom. The molecule has 3 unspecified atom stereocenters. The lowest BCUT2D eigenvalue weighted by Gasteiger charge is -2.47. The SMILES string of the molecule is CNC1C=C(OC)C(N)=CC1(N)C(C(C)C)N(C)C. The summed E-state index contributed by atoms with van der Waals surface area (Å²) in [5.41, 5.74) is 12.8. The molecule has 1 aliphatic rings. The molecule has 0 heterocycles. The zero-order valence-electron chi connectivity index (χ0n) is 12.9. The first kappa shape index (κ1) is 16.0. The minimum atomic E-state index is -0.571. The Morgan fingerprint density at radius 1 is 1.42 bits per heavy atom. The minimum absolute atomic E-state index is 0.0236. The highest BCUT2D eigenvalue weighted by Crippen LogP contribution is 2.31. The molecule has 0 saturated heterocycles. The maximum absolute atomic E-state index is 6.71. The van der Waals surface area contributed by atoms with Gasteiger partial charge in [0.15, 0.2) is 0 Å². The standard InChI is InChI=1S/C14H28N4O/c1-9(2)13(18(4)5)14(16)8-10(15)11(19-6)7-12(14)17-3/h7-9,12-13,17H,15-16H2,1-6H3. The fraction of sp³-hybridized carbons (Fsp3) is 0.714. The number of nitrogens with two attached hydrogens (primary N) is 2. The number of nitrogens with zero attached hydrogens (tertiary/aromatic N) is 1. The Bertz CT molecular complexity index is 368. The lowest BCUT2D eigenvalue weighted by Crippen LogP contribution is -2.68. The Labute approximate surface area is 116 Å². The van der Waals surface area contributed by atoms with Crippen molar-refractivity contribution in [1.29, 1.82) is 0 Å². The van der Waals surface area contributed by atoms with E-state index in [0.29, 0.717) is 17.4 Å². The van der Waals surface area contributed by atoms with Gasteiger partial charge in [-0.2, -0.15) is 0 Å². The van der Waals surface area contributed by atoms with Gasteiger partial charge in [0.2, 0.25) is 0 Å². The second kappa shape index (κ2) is 5.94. The largest absolute Gasteiger partial charge is 0.495 e. The molecule has 1 rings (SSSR count). The summed E-state index contributed by atoms with van der Waals surface area (Å²) in [6, 6.07) is 0.141. The molecule has 0 aromatic carbocycles. The van der Waals surface area contributed by atoms with Crippen LogP contribution < -0.4 is 16.8 Å². The molecule has 0 radical (unpaired) electrons. The van der Waals surface area contributed by atoms with Gasteiger partial charge in [0.25, 0.3) is 0 Å². The summed E-state index contributed by atoms with van der Waals surface area (Å²) >= 11 is 0. The van der Waals surface area contributed by atoms with E-state index < -0.39 is 5.54 Å². The van der Waals surface area contributed by atoms with Crippen LogP contribution in [0.1, 0.15) is 13.8 Å². The summed E-state index contributed by atoms with van der Waals surface area (Å²) < 4.78 is 5.29. The lowest BCUT2D eigenvalue weighted by molar-refractivity contribution is 0.137. The smallest absolute Gasteiger partial charge is 0.139 e. The van der Waals surface area contributed by atoms with Gasteiger partial charge in [-0.3, -0.25) is 0 Å². The van der Waals surface area contributed by atoms with Crippen LogP contribution in [-0.2, 0) is 4.74 Å². The normalized spacial score (nSPS) is 29.2. The van der Waals surface area contributed by atoms with Crippen molar-refractivity contribution in [3.8, 4) is 0 Å². The van der Waals surface area contributed by atoms with Gasteiger partial charge < -0.3 is 26.4 Å². The number of rotatable bonds is 5. The van der Waals surface area contributed by atoms with E-state index in [0.717, 1.165) is 0 Å². The van der Waals surface area contributed by atoms with Crippen LogP contribution in [-0.4, -0.2) is 50.8 Å². The summed E-state index contributed by atoms with van der Waals surface area (Å²) in [7, 11) is 7.62. The van der Waals surface area contributed by atoms with Gasteiger partial charge in [-0.05, 0) is 39.2 Å². The molecule has 0 fully saturated rings. The maximum atomic E-state index is 6.71. The van der Waals surface area contributed by atoms with Crippen LogP contribution in [0.4, 0.5) is 0 Å². The van der Waals surface area contributed by atoms with Crippen molar-refractivity contribution in [2.24, 2.45) is 17.4 Å². The van der Waals surface area contributed by atoms with E-state index in [1.807, 2.05) is 33.3 Å². The topological polar surface area (TPSA) is 76.5 Å². The fourth-order valence-corrected chi connectivity index (χ4v) is 3.23. The van der Waals surface area contributed by atoms with E-state index in [-0.39, 0.29) is 12.1 Å². The third-order valence-electron chi connectivity index (χ3n) is 3.78. The third kappa shape index (κ3) is 2.94. The Morgan fingerprint density at radius 3 is 2.37 bits per heavy atom. The van der Waals surface area contributed by atoms with E-state index in [2.05, 4.69) is 24.1 Å². The van der Waals surface area contributed by atoms with Crippen molar-refractivity contribution in [2.75, 3.05) is 28.3 Å². The van der Waals surface area contributed by atoms with Crippen molar-refractivity contribution in [1.82, 2.24) is 10.2 Å². The molecule has 0 aliphatic heterocycles. The summed E-state index contributed by atoms with van der Waals surface area (Å²) in [6.07, 6.45) is 3.89. The Kier molecular flexibility index (Phi) is 5.01. The van der Waals surface area contributed by atoms with Gasteiger partial charge in [-0.15, -0.1) is 0 Å². The van der Waals surface area contributed by atoms with Crippen molar-refractivity contribution in [2.45, 2.75) is 31.5 Å². The number of likely N-dealkylation sites (N-methyl/N-ethyl adjacent to an activating group) is 2. The average molecular weight is 268 g/mol. The number of hydrogen-bond acceptors (Lipinski definition) is 5. The van der Waals surface area contributed by atoms with Crippen LogP contribution in [0.5, 0.6) is 0 Å². The van der Waals surface area contributed by atoms with E-state index in [1.54, 1.807) is 7.11 Å². The average Bonchev–Trinajstić information content (AvgIpc) is 2.27. The Hall–Kier alpha value is -1.04. The van der Waals surface area contributed by atoms with Gasteiger partial charge in [0.05, 0.1) is 24.4 Å². The van der Waals surface area contributed by atoms with E-state index in [9.17, 15) is 0 Å². The van der Waals surface area contributed by atoms with Gasteiger partial charge in [-0.1, -0.05) is 13.8 Å². The van der Waals surface area contributed by atoms with Crippen LogP contribution in [0, 0.1) is 5.92 Å². The van der Waals surface area contributed by atoms with Crippen LogP contribution in [0.2, 0.25) is 0 Å². The van der Waals surface area contributed by atoms with Gasteiger partial charge >= 0.3 is 0 Å². The predicted molar refractivity (Wildman–Crippen MR) is 79.4 cm³/mol. The zero-order valence-corrected chi connectivity index (χ0v) is 12.9. The molecule has 0 saturated carbocycles. The molecule has 0 bridgehead atoms. The molecule has 1 aliphatic carbocycles. The van der Waals surface area contributed by atoms with Gasteiger partial charge in [-0.25, -0.2) is 0 Å². The molecule has 5 heteroatoms. The van der Waals surface area contributed by atoms with Gasteiger partial charge in [0.1, 0.15) is 5.76 Å². The first-order chi connectivity index (χ1) is 8.77. The van der Waals surface area contributed by atoms with Crippen molar-refractivity contribution >= 4 is 0 Å². The molecule has 5 N–H and O–H groups in total. The summed E-state index contributed by atoms with van der Waals surface area (Å²) in [5.74, 6) is 1.08. The van der Waals surface area contributed by atoms with Crippen molar-refractivity contribution < 1.29 is 4.74 Å². The number of hydrogen-bond donors (Lipinski definition) is 3. The van der Waals surface area contributed by atoms with Crippen LogP contribution in [0.3, 0.4) is 0 Å². The predicted octanol–water partition coefficient (Wildman–Crippen LogP) is 0.245. The molecular formula is C14H28N4O. The molecule has 110 valence electrons. The highest BCUT2D eigenvalue weighted by atomic mass is 16.5. The van der Waals surface area contributed by atoms with Crippen LogP contribution >= 0.6 is 0 Å². The Balaban J connectivity index is 3.25. The minimum Gasteiger partial charge on any atom is -0.495 e. The molecule has 0 spiro atoms. The number of nitrogens with one attached hydrogen (secondary N) is 1. The molecule has 5 nitrogen and oxygen atoms in total. The van der Waals surface area contributed by atoms with Crippen molar-refractivity contribution in [3.63, 3.8) is 0 Å². The molecular weight excluding hydrogens is 240 g/mol. The van der Waals surface area contributed by atoms with Crippen LogP contribution in [0.15, 0.2) is 23.6 Å². The molecule has 0 aromatic rings. The second-order valence-electron chi connectivity index (χ2n) is 5.75. The zero-order chi connectivity index (χ0) is 14.8. The second-order valence-corrected chi connectivity index (χ2v) is 5.75. The van der Waals surface area contributed by atoms with Gasteiger partial charge in [0, 0.05) is 6.04 Å².